The number of halogens is 1. The second-order valence-corrected chi connectivity index (χ2v) is 6.36. The van der Waals surface area contributed by atoms with Crippen LogP contribution in [-0.2, 0) is 6.42 Å². The van der Waals surface area contributed by atoms with E-state index in [-0.39, 0.29) is 5.91 Å². The Hall–Kier alpha value is -3.11. The smallest absolute Gasteiger partial charge is 0.343 e. The van der Waals surface area contributed by atoms with E-state index >= 15 is 0 Å². The number of carbonyl (C=O) groups excluding carboxylic acids is 2. The van der Waals surface area contributed by atoms with Crippen molar-refractivity contribution in [2.24, 2.45) is 0 Å². The number of rotatable bonds is 5. The molecule has 0 aliphatic rings. The van der Waals surface area contributed by atoms with E-state index in [2.05, 4.69) is 12.2 Å². The zero-order valence-corrected chi connectivity index (χ0v) is 15.5. The first-order valence-corrected chi connectivity index (χ1v) is 8.91. The second kappa shape index (κ2) is 8.52. The van der Waals surface area contributed by atoms with Crippen molar-refractivity contribution in [3.8, 4) is 5.75 Å². The summed E-state index contributed by atoms with van der Waals surface area (Å²) in [6.45, 7) is 2.05. The fourth-order valence-corrected chi connectivity index (χ4v) is 2.58. The van der Waals surface area contributed by atoms with Crippen molar-refractivity contribution in [1.29, 1.82) is 0 Å². The minimum Gasteiger partial charge on any atom is -0.423 e. The normalized spacial score (nSPS) is 10.3. The molecular weight excluding hydrogens is 362 g/mol. The van der Waals surface area contributed by atoms with Crippen LogP contribution >= 0.6 is 11.6 Å². The lowest BCUT2D eigenvalue weighted by Crippen LogP contribution is -2.12. The lowest BCUT2D eigenvalue weighted by atomic mass is 10.1. The summed E-state index contributed by atoms with van der Waals surface area (Å²) in [6.07, 6.45) is 0.912. The van der Waals surface area contributed by atoms with Crippen LogP contribution in [0.15, 0.2) is 72.8 Å². The summed E-state index contributed by atoms with van der Waals surface area (Å²) >= 11 is 5.83. The largest absolute Gasteiger partial charge is 0.423 e. The second-order valence-electron chi connectivity index (χ2n) is 5.93. The van der Waals surface area contributed by atoms with E-state index in [0.29, 0.717) is 27.6 Å². The van der Waals surface area contributed by atoms with E-state index in [1.807, 2.05) is 12.1 Å². The molecule has 3 rings (SSSR count). The number of amides is 1. The van der Waals surface area contributed by atoms with Crippen molar-refractivity contribution in [1.82, 2.24) is 0 Å². The molecule has 0 spiro atoms. The molecule has 0 heterocycles. The molecule has 1 amide bonds. The summed E-state index contributed by atoms with van der Waals surface area (Å²) < 4.78 is 5.35. The summed E-state index contributed by atoms with van der Waals surface area (Å²) in [5, 5.41) is 3.38. The number of anilines is 1. The van der Waals surface area contributed by atoms with Gasteiger partial charge in [0.2, 0.25) is 0 Å². The number of benzene rings is 3. The Morgan fingerprint density at radius 1 is 0.852 bits per heavy atom. The van der Waals surface area contributed by atoms with Crippen LogP contribution in [0.3, 0.4) is 0 Å². The van der Waals surface area contributed by atoms with E-state index in [9.17, 15) is 9.59 Å². The Morgan fingerprint density at radius 3 is 2.04 bits per heavy atom. The van der Waals surface area contributed by atoms with Gasteiger partial charge in [-0.05, 0) is 72.6 Å². The van der Waals surface area contributed by atoms with Crippen molar-refractivity contribution in [2.75, 3.05) is 5.32 Å². The van der Waals surface area contributed by atoms with Gasteiger partial charge in [-0.1, -0.05) is 30.7 Å². The molecule has 136 valence electrons. The molecule has 3 aromatic rings. The summed E-state index contributed by atoms with van der Waals surface area (Å²) in [5.74, 6) is -0.316. The number of hydrogen-bond donors (Lipinski definition) is 1. The monoisotopic (exact) mass is 379 g/mol. The average Bonchev–Trinajstić information content (AvgIpc) is 2.70. The first-order valence-electron chi connectivity index (χ1n) is 8.53. The highest BCUT2D eigenvalue weighted by Gasteiger charge is 2.10. The molecule has 27 heavy (non-hydrogen) atoms. The first kappa shape index (κ1) is 18.7. The quantitative estimate of drug-likeness (QED) is 0.478. The zero-order chi connectivity index (χ0) is 19.2. The molecule has 0 saturated heterocycles. The van der Waals surface area contributed by atoms with Crippen LogP contribution in [0, 0.1) is 0 Å². The molecule has 0 aliphatic heterocycles. The van der Waals surface area contributed by atoms with Gasteiger partial charge in [-0.2, -0.15) is 0 Å². The van der Waals surface area contributed by atoms with Gasteiger partial charge in [0.05, 0.1) is 5.56 Å². The van der Waals surface area contributed by atoms with Crippen LogP contribution in [0.5, 0.6) is 5.75 Å². The molecule has 0 bridgehead atoms. The van der Waals surface area contributed by atoms with Crippen LogP contribution in [-0.4, -0.2) is 11.9 Å². The Labute approximate surface area is 162 Å². The minimum absolute atomic E-state index is 0.259. The number of esters is 1. The highest BCUT2D eigenvalue weighted by molar-refractivity contribution is 6.30. The van der Waals surface area contributed by atoms with Gasteiger partial charge >= 0.3 is 5.97 Å². The van der Waals surface area contributed by atoms with Crippen molar-refractivity contribution in [2.45, 2.75) is 13.3 Å². The lowest BCUT2D eigenvalue weighted by Gasteiger charge is -2.07. The Kier molecular flexibility index (Phi) is 5.89. The maximum atomic E-state index is 12.3. The van der Waals surface area contributed by atoms with Gasteiger partial charge in [-0.15, -0.1) is 0 Å². The van der Waals surface area contributed by atoms with Crippen molar-refractivity contribution in [3.05, 3.63) is 94.5 Å². The van der Waals surface area contributed by atoms with Crippen LogP contribution in [0.4, 0.5) is 5.69 Å². The number of nitrogens with one attached hydrogen (secondary N) is 1. The Morgan fingerprint density at radius 2 is 1.44 bits per heavy atom. The summed E-state index contributed by atoms with van der Waals surface area (Å²) in [5.41, 5.74) is 2.74. The van der Waals surface area contributed by atoms with E-state index in [1.165, 1.54) is 0 Å². The maximum absolute atomic E-state index is 12.3. The third-order valence-electron chi connectivity index (χ3n) is 4.03. The van der Waals surface area contributed by atoms with Gasteiger partial charge in [0.15, 0.2) is 0 Å². The number of hydrogen-bond acceptors (Lipinski definition) is 3. The number of carbonyl (C=O) groups is 2. The van der Waals surface area contributed by atoms with E-state index < -0.39 is 5.97 Å². The van der Waals surface area contributed by atoms with Gasteiger partial charge in [0.25, 0.3) is 5.91 Å². The fraction of sp³-hybridized carbons (Fsp3) is 0.0909. The van der Waals surface area contributed by atoms with Gasteiger partial charge in [-0.3, -0.25) is 4.79 Å². The van der Waals surface area contributed by atoms with Crippen LogP contribution < -0.4 is 10.1 Å². The molecule has 4 nitrogen and oxygen atoms in total. The molecular formula is C22H18ClNO3. The average molecular weight is 380 g/mol. The van der Waals surface area contributed by atoms with E-state index in [1.54, 1.807) is 60.7 Å². The van der Waals surface area contributed by atoms with Crippen molar-refractivity contribution < 1.29 is 14.3 Å². The van der Waals surface area contributed by atoms with Crippen LogP contribution in [0.2, 0.25) is 5.02 Å². The predicted octanol–water partition coefficient (Wildman–Crippen LogP) is 5.37. The topological polar surface area (TPSA) is 55.4 Å². The minimum atomic E-state index is -0.434. The van der Waals surface area contributed by atoms with Gasteiger partial charge in [-0.25, -0.2) is 4.79 Å². The molecule has 0 aliphatic carbocycles. The Bertz CT molecular complexity index is 933. The maximum Gasteiger partial charge on any atom is 0.343 e. The summed E-state index contributed by atoms with van der Waals surface area (Å²) in [7, 11) is 0. The molecule has 0 radical (unpaired) electrons. The molecule has 5 heteroatoms. The molecule has 0 saturated carbocycles. The number of ether oxygens (including phenoxy) is 1. The molecule has 0 unspecified atom stereocenters. The third-order valence-corrected chi connectivity index (χ3v) is 4.28. The third kappa shape index (κ3) is 4.96. The molecule has 1 N–H and O–H groups in total. The SMILES string of the molecule is CCc1ccc(C(=O)Oc2ccc(C(=O)Nc3ccc(Cl)cc3)cc2)cc1. The predicted molar refractivity (Wildman–Crippen MR) is 107 cm³/mol. The summed E-state index contributed by atoms with van der Waals surface area (Å²) in [4.78, 5) is 24.5. The molecule has 0 atom stereocenters. The first-order chi connectivity index (χ1) is 13.0. The highest BCUT2D eigenvalue weighted by Crippen LogP contribution is 2.17. The van der Waals surface area contributed by atoms with E-state index in [4.69, 9.17) is 16.3 Å². The van der Waals surface area contributed by atoms with Crippen LogP contribution in [0.25, 0.3) is 0 Å². The zero-order valence-electron chi connectivity index (χ0n) is 14.7. The standard InChI is InChI=1S/C22H18ClNO3/c1-2-15-3-5-17(6-4-15)22(26)27-20-13-7-16(8-14-20)21(25)24-19-11-9-18(23)10-12-19/h3-14H,2H2,1H3,(H,24,25). The molecule has 0 aromatic heterocycles. The summed E-state index contributed by atoms with van der Waals surface area (Å²) in [6, 6.07) is 20.5. The number of aryl methyl sites for hydroxylation is 1. The molecule has 0 fully saturated rings. The van der Waals surface area contributed by atoms with Crippen molar-refractivity contribution >= 4 is 29.2 Å². The van der Waals surface area contributed by atoms with Crippen LogP contribution in [0.1, 0.15) is 33.2 Å². The highest BCUT2D eigenvalue weighted by atomic mass is 35.5. The lowest BCUT2D eigenvalue weighted by molar-refractivity contribution is 0.0734. The van der Waals surface area contributed by atoms with Gasteiger partial charge < -0.3 is 10.1 Å². The Balaban J connectivity index is 1.62. The van der Waals surface area contributed by atoms with E-state index in [0.717, 1.165) is 12.0 Å². The van der Waals surface area contributed by atoms with Gasteiger partial charge in [0, 0.05) is 16.3 Å². The van der Waals surface area contributed by atoms with Gasteiger partial charge in [0.1, 0.15) is 5.75 Å². The molecule has 3 aromatic carbocycles. The van der Waals surface area contributed by atoms with Crippen molar-refractivity contribution in [3.63, 3.8) is 0 Å². The fourth-order valence-electron chi connectivity index (χ4n) is 2.45.